The number of benzene rings is 2. The van der Waals surface area contributed by atoms with Gasteiger partial charge in [-0.15, -0.1) is 11.8 Å². The Labute approximate surface area is 131 Å². The van der Waals surface area contributed by atoms with Crippen molar-refractivity contribution in [2.75, 3.05) is 11.1 Å². The van der Waals surface area contributed by atoms with Crippen LogP contribution in [0.25, 0.3) is 0 Å². The predicted molar refractivity (Wildman–Crippen MR) is 85.8 cm³/mol. The fourth-order valence-corrected chi connectivity index (χ4v) is 2.65. The Morgan fingerprint density at radius 3 is 2.48 bits per heavy atom. The highest BCUT2D eigenvalue weighted by Gasteiger charge is 2.09. The summed E-state index contributed by atoms with van der Waals surface area (Å²) in [6.07, 6.45) is 0. The summed E-state index contributed by atoms with van der Waals surface area (Å²) in [6, 6.07) is 14.2. The second-order valence-electron chi connectivity index (χ2n) is 4.21. The molecule has 0 unspecified atom stereocenters. The maximum atomic E-state index is 11.8. The Morgan fingerprint density at radius 1 is 1.14 bits per heavy atom. The summed E-state index contributed by atoms with van der Waals surface area (Å²) in [4.78, 5) is 23.9. The van der Waals surface area contributed by atoms with Crippen LogP contribution in [0.4, 0.5) is 5.69 Å². The van der Waals surface area contributed by atoms with Crippen LogP contribution < -0.4 is 11.1 Å². The van der Waals surface area contributed by atoms with Crippen molar-refractivity contribution in [3.63, 3.8) is 0 Å². The van der Waals surface area contributed by atoms with Gasteiger partial charge in [0, 0.05) is 10.6 Å². The van der Waals surface area contributed by atoms with Crippen molar-refractivity contribution in [2.24, 2.45) is 5.73 Å². The third-order valence-corrected chi connectivity index (χ3v) is 3.96. The molecule has 0 heterocycles. The van der Waals surface area contributed by atoms with Crippen LogP contribution in [0.5, 0.6) is 0 Å². The molecule has 108 valence electrons. The molecule has 0 fully saturated rings. The van der Waals surface area contributed by atoms with Gasteiger partial charge in [-0.3, -0.25) is 9.59 Å². The first-order chi connectivity index (χ1) is 10.1. The van der Waals surface area contributed by atoms with Gasteiger partial charge >= 0.3 is 0 Å². The summed E-state index contributed by atoms with van der Waals surface area (Å²) in [6.45, 7) is 0. The fourth-order valence-electron chi connectivity index (χ4n) is 1.66. The lowest BCUT2D eigenvalue weighted by Crippen LogP contribution is -2.15. The van der Waals surface area contributed by atoms with Gasteiger partial charge in [-0.05, 0) is 30.3 Å². The highest BCUT2D eigenvalue weighted by molar-refractivity contribution is 8.00. The topological polar surface area (TPSA) is 72.2 Å². The van der Waals surface area contributed by atoms with Crippen LogP contribution in [0.15, 0.2) is 53.4 Å². The smallest absolute Gasteiger partial charge is 0.250 e. The van der Waals surface area contributed by atoms with Gasteiger partial charge in [0.25, 0.3) is 0 Å². The van der Waals surface area contributed by atoms with E-state index in [9.17, 15) is 9.59 Å². The van der Waals surface area contributed by atoms with Gasteiger partial charge in [0.1, 0.15) is 0 Å². The fraction of sp³-hybridized carbons (Fsp3) is 0.0667. The number of rotatable bonds is 5. The van der Waals surface area contributed by atoms with Crippen LogP contribution >= 0.6 is 23.4 Å². The lowest BCUT2D eigenvalue weighted by molar-refractivity contribution is -0.113. The normalized spacial score (nSPS) is 10.1. The Hall–Kier alpha value is -1.98. The number of nitrogens with two attached hydrogens (primary N) is 1. The van der Waals surface area contributed by atoms with Gasteiger partial charge in [-0.1, -0.05) is 29.8 Å². The van der Waals surface area contributed by atoms with E-state index < -0.39 is 5.91 Å². The van der Waals surface area contributed by atoms with Gasteiger partial charge in [0.15, 0.2) is 0 Å². The molecule has 2 amide bonds. The van der Waals surface area contributed by atoms with Gasteiger partial charge in [-0.2, -0.15) is 0 Å². The molecular weight excluding hydrogens is 308 g/mol. The van der Waals surface area contributed by atoms with Crippen LogP contribution in [0.1, 0.15) is 10.4 Å². The monoisotopic (exact) mass is 320 g/mol. The molecule has 0 aliphatic carbocycles. The number of carbonyl (C=O) groups excluding carboxylic acids is 2. The Morgan fingerprint density at radius 2 is 1.86 bits per heavy atom. The third kappa shape index (κ3) is 4.51. The molecule has 3 N–H and O–H groups in total. The number of amides is 2. The van der Waals surface area contributed by atoms with Gasteiger partial charge < -0.3 is 11.1 Å². The molecule has 0 aliphatic rings. The summed E-state index contributed by atoms with van der Waals surface area (Å²) in [5, 5.41) is 2.94. The zero-order valence-corrected chi connectivity index (χ0v) is 12.6. The maximum Gasteiger partial charge on any atom is 0.250 e. The van der Waals surface area contributed by atoms with Crippen LogP contribution in [-0.4, -0.2) is 17.6 Å². The third-order valence-electron chi connectivity index (χ3n) is 2.63. The lowest BCUT2D eigenvalue weighted by Gasteiger charge is -2.07. The Balaban J connectivity index is 1.94. The summed E-state index contributed by atoms with van der Waals surface area (Å²) < 4.78 is 0. The van der Waals surface area contributed by atoms with E-state index in [1.165, 1.54) is 23.9 Å². The second-order valence-corrected chi connectivity index (χ2v) is 5.66. The minimum Gasteiger partial charge on any atom is -0.366 e. The lowest BCUT2D eigenvalue weighted by atomic mass is 10.2. The van der Waals surface area contributed by atoms with Crippen LogP contribution in [0.3, 0.4) is 0 Å². The molecule has 0 aromatic heterocycles. The first-order valence-electron chi connectivity index (χ1n) is 6.13. The molecular formula is C15H13ClN2O2S. The van der Waals surface area contributed by atoms with Crippen molar-refractivity contribution >= 4 is 40.9 Å². The van der Waals surface area contributed by atoms with E-state index in [1.807, 2.05) is 30.3 Å². The number of halogens is 1. The molecule has 0 saturated carbocycles. The van der Waals surface area contributed by atoms with Crippen LogP contribution in [-0.2, 0) is 4.79 Å². The molecule has 0 radical (unpaired) electrons. The Kier molecular flexibility index (Phi) is 5.25. The van der Waals surface area contributed by atoms with E-state index in [1.54, 1.807) is 6.07 Å². The molecule has 2 aromatic rings. The molecule has 0 aliphatic heterocycles. The van der Waals surface area contributed by atoms with Gasteiger partial charge in [0.05, 0.1) is 16.3 Å². The van der Waals surface area contributed by atoms with Crippen molar-refractivity contribution in [1.29, 1.82) is 0 Å². The maximum absolute atomic E-state index is 11.8. The zero-order chi connectivity index (χ0) is 15.2. The van der Waals surface area contributed by atoms with Crippen molar-refractivity contribution in [3.05, 3.63) is 59.1 Å². The largest absolute Gasteiger partial charge is 0.366 e. The number of anilines is 1. The molecule has 0 atom stereocenters. The SMILES string of the molecule is NC(=O)c1ccc(NC(=O)CSc2ccccc2)cc1Cl. The average molecular weight is 321 g/mol. The van der Waals surface area contributed by atoms with Crippen molar-refractivity contribution < 1.29 is 9.59 Å². The van der Waals surface area contributed by atoms with E-state index in [4.69, 9.17) is 17.3 Å². The summed E-state index contributed by atoms with van der Waals surface area (Å²) >= 11 is 7.36. The first kappa shape index (κ1) is 15.4. The van der Waals surface area contributed by atoms with Crippen molar-refractivity contribution in [3.8, 4) is 0 Å². The van der Waals surface area contributed by atoms with Crippen LogP contribution in [0, 0.1) is 0 Å². The van der Waals surface area contributed by atoms with Crippen molar-refractivity contribution in [1.82, 2.24) is 0 Å². The van der Waals surface area contributed by atoms with E-state index in [0.717, 1.165) is 4.90 Å². The van der Waals surface area contributed by atoms with Gasteiger partial charge in [0.2, 0.25) is 11.8 Å². The minimum atomic E-state index is -0.600. The number of hydrogen-bond donors (Lipinski definition) is 2. The minimum absolute atomic E-state index is 0.147. The number of nitrogens with one attached hydrogen (secondary N) is 1. The summed E-state index contributed by atoms with van der Waals surface area (Å²) in [5.41, 5.74) is 5.93. The highest BCUT2D eigenvalue weighted by atomic mass is 35.5. The molecule has 0 saturated heterocycles. The average Bonchev–Trinajstić information content (AvgIpc) is 2.46. The zero-order valence-electron chi connectivity index (χ0n) is 11.0. The molecule has 4 nitrogen and oxygen atoms in total. The molecule has 2 aromatic carbocycles. The summed E-state index contributed by atoms with van der Waals surface area (Å²) in [5.74, 6) is -0.455. The molecule has 2 rings (SSSR count). The number of hydrogen-bond acceptors (Lipinski definition) is 3. The quantitative estimate of drug-likeness (QED) is 0.831. The number of carbonyl (C=O) groups is 2. The van der Waals surface area contributed by atoms with E-state index in [0.29, 0.717) is 11.4 Å². The number of primary amides is 1. The van der Waals surface area contributed by atoms with Crippen LogP contribution in [0.2, 0.25) is 5.02 Å². The van der Waals surface area contributed by atoms with Crippen molar-refractivity contribution in [2.45, 2.75) is 4.90 Å². The Bertz CT molecular complexity index is 662. The number of thioether (sulfide) groups is 1. The first-order valence-corrected chi connectivity index (χ1v) is 7.49. The van der Waals surface area contributed by atoms with E-state index in [-0.39, 0.29) is 16.5 Å². The predicted octanol–water partition coefficient (Wildman–Crippen LogP) is 3.17. The standard InChI is InChI=1S/C15H13ClN2O2S/c16-13-8-10(6-7-12(13)15(17)20)18-14(19)9-21-11-4-2-1-3-5-11/h1-8H,9H2,(H2,17,20)(H,18,19). The van der Waals surface area contributed by atoms with Gasteiger partial charge in [-0.25, -0.2) is 0 Å². The molecule has 0 bridgehead atoms. The molecule has 21 heavy (non-hydrogen) atoms. The molecule has 0 spiro atoms. The molecule has 6 heteroatoms. The second kappa shape index (κ2) is 7.15. The van der Waals surface area contributed by atoms with E-state index in [2.05, 4.69) is 5.32 Å². The highest BCUT2D eigenvalue weighted by Crippen LogP contribution is 2.21. The summed E-state index contributed by atoms with van der Waals surface area (Å²) in [7, 11) is 0. The van der Waals surface area contributed by atoms with E-state index >= 15 is 0 Å².